The maximum Gasteiger partial charge on any atom is 0.227 e. The van der Waals surface area contributed by atoms with Crippen molar-refractivity contribution in [2.45, 2.75) is 19.8 Å². The Balaban J connectivity index is 2.43. The molecule has 1 rings (SSSR count). The predicted octanol–water partition coefficient (Wildman–Crippen LogP) is -0.173. The zero-order valence-electron chi connectivity index (χ0n) is 8.83. The molecular weight excluding hydrogens is 180 g/mol. The number of piperidine rings is 1. The van der Waals surface area contributed by atoms with Crippen LogP contribution in [0.3, 0.4) is 0 Å². The molecule has 1 atom stereocenters. The molecule has 0 saturated carbocycles. The Labute approximate surface area is 85.3 Å². The molecule has 0 radical (unpaired) electrons. The van der Waals surface area contributed by atoms with Crippen LogP contribution in [0.25, 0.3) is 0 Å². The molecule has 2 N–H and O–H groups in total. The number of rotatable bonds is 4. The second-order valence-electron chi connectivity index (χ2n) is 3.68. The summed E-state index contributed by atoms with van der Waals surface area (Å²) in [6.07, 6.45) is 2.06. The van der Waals surface area contributed by atoms with Crippen molar-refractivity contribution in [2.75, 3.05) is 32.8 Å². The van der Waals surface area contributed by atoms with Gasteiger partial charge in [0.15, 0.2) is 0 Å². The molecule has 1 aliphatic rings. The number of carbonyl (C=O) groups excluding carboxylic acids is 1. The van der Waals surface area contributed by atoms with Gasteiger partial charge in [-0.05, 0) is 26.3 Å². The summed E-state index contributed by atoms with van der Waals surface area (Å²) in [6.45, 7) is 4.97. The van der Waals surface area contributed by atoms with E-state index < -0.39 is 0 Å². The van der Waals surface area contributed by atoms with Crippen LogP contribution in [0, 0.1) is 5.92 Å². The maximum atomic E-state index is 11.9. The van der Waals surface area contributed by atoms with Crippen LogP contribution in [-0.2, 0) is 4.79 Å². The van der Waals surface area contributed by atoms with Gasteiger partial charge in [0.2, 0.25) is 5.91 Å². The van der Waals surface area contributed by atoms with E-state index in [1.165, 1.54) is 0 Å². The number of nitrogens with zero attached hydrogens (tertiary/aromatic N) is 1. The minimum Gasteiger partial charge on any atom is -0.395 e. The van der Waals surface area contributed by atoms with Gasteiger partial charge in [-0.2, -0.15) is 0 Å². The van der Waals surface area contributed by atoms with Crippen LogP contribution in [0.15, 0.2) is 0 Å². The molecule has 0 aromatic rings. The average molecular weight is 200 g/mol. The Kier molecular flexibility index (Phi) is 4.90. The Morgan fingerprint density at radius 2 is 2.43 bits per heavy atom. The minimum atomic E-state index is 0.0553. The Bertz CT molecular complexity index is 172. The second kappa shape index (κ2) is 5.98. The first-order valence-electron chi connectivity index (χ1n) is 5.40. The van der Waals surface area contributed by atoms with Crippen molar-refractivity contribution in [3.8, 4) is 0 Å². The normalized spacial score (nSPS) is 22.0. The fraction of sp³-hybridized carbons (Fsp3) is 0.900. The molecule has 1 aliphatic heterocycles. The van der Waals surface area contributed by atoms with Gasteiger partial charge in [0.1, 0.15) is 0 Å². The van der Waals surface area contributed by atoms with Crippen LogP contribution in [-0.4, -0.2) is 48.7 Å². The van der Waals surface area contributed by atoms with Gasteiger partial charge in [-0.3, -0.25) is 4.79 Å². The fourth-order valence-electron chi connectivity index (χ4n) is 1.87. The lowest BCUT2D eigenvalue weighted by atomic mass is 9.98. The highest BCUT2D eigenvalue weighted by molar-refractivity contribution is 5.79. The molecule has 14 heavy (non-hydrogen) atoms. The largest absolute Gasteiger partial charge is 0.395 e. The summed E-state index contributed by atoms with van der Waals surface area (Å²) in [5.74, 6) is 0.309. The quantitative estimate of drug-likeness (QED) is 0.662. The molecule has 0 aromatic heterocycles. The summed E-state index contributed by atoms with van der Waals surface area (Å²) in [7, 11) is 0. The van der Waals surface area contributed by atoms with Crippen molar-refractivity contribution in [2.24, 2.45) is 5.92 Å². The van der Waals surface area contributed by atoms with Crippen molar-refractivity contribution in [3.63, 3.8) is 0 Å². The van der Waals surface area contributed by atoms with Crippen LogP contribution < -0.4 is 5.32 Å². The fourth-order valence-corrected chi connectivity index (χ4v) is 1.87. The highest BCUT2D eigenvalue weighted by atomic mass is 16.3. The number of hydrogen-bond donors (Lipinski definition) is 2. The molecule has 0 aromatic carbocycles. The Morgan fingerprint density at radius 1 is 1.64 bits per heavy atom. The first kappa shape index (κ1) is 11.5. The van der Waals surface area contributed by atoms with Gasteiger partial charge in [0.25, 0.3) is 0 Å². The molecule has 4 nitrogen and oxygen atoms in total. The van der Waals surface area contributed by atoms with Gasteiger partial charge in [-0.15, -0.1) is 0 Å². The van der Waals surface area contributed by atoms with Crippen molar-refractivity contribution < 1.29 is 9.90 Å². The van der Waals surface area contributed by atoms with Crippen LogP contribution in [0.1, 0.15) is 19.8 Å². The van der Waals surface area contributed by atoms with E-state index in [1.807, 2.05) is 6.92 Å². The predicted molar refractivity (Wildman–Crippen MR) is 54.9 cm³/mol. The van der Waals surface area contributed by atoms with E-state index in [4.69, 9.17) is 5.11 Å². The third-order valence-electron chi connectivity index (χ3n) is 2.71. The summed E-state index contributed by atoms with van der Waals surface area (Å²) in [6, 6.07) is 0. The van der Waals surface area contributed by atoms with E-state index >= 15 is 0 Å². The number of nitrogens with one attached hydrogen (secondary N) is 1. The van der Waals surface area contributed by atoms with Gasteiger partial charge in [0, 0.05) is 19.6 Å². The van der Waals surface area contributed by atoms with Gasteiger partial charge in [-0.1, -0.05) is 0 Å². The molecule has 0 unspecified atom stereocenters. The molecule has 82 valence electrons. The number of likely N-dealkylation sites (N-methyl/N-ethyl adjacent to an activating group) is 1. The van der Waals surface area contributed by atoms with Crippen molar-refractivity contribution in [3.05, 3.63) is 0 Å². The molecule has 1 fully saturated rings. The van der Waals surface area contributed by atoms with E-state index in [-0.39, 0.29) is 18.4 Å². The molecule has 0 spiro atoms. The zero-order valence-corrected chi connectivity index (χ0v) is 8.83. The van der Waals surface area contributed by atoms with Gasteiger partial charge < -0.3 is 15.3 Å². The van der Waals surface area contributed by atoms with Crippen molar-refractivity contribution in [1.82, 2.24) is 10.2 Å². The SMILES string of the molecule is CCN(CCO)C(=O)[C@@H]1CCCNC1. The van der Waals surface area contributed by atoms with Crippen LogP contribution in [0.5, 0.6) is 0 Å². The van der Waals surface area contributed by atoms with Crippen LogP contribution in [0.2, 0.25) is 0 Å². The van der Waals surface area contributed by atoms with E-state index in [2.05, 4.69) is 5.32 Å². The molecule has 0 bridgehead atoms. The van der Waals surface area contributed by atoms with Gasteiger partial charge in [0.05, 0.1) is 12.5 Å². The van der Waals surface area contributed by atoms with Crippen LogP contribution >= 0.6 is 0 Å². The second-order valence-corrected chi connectivity index (χ2v) is 3.68. The smallest absolute Gasteiger partial charge is 0.227 e. The van der Waals surface area contributed by atoms with E-state index in [0.717, 1.165) is 25.9 Å². The molecule has 4 heteroatoms. The molecule has 1 amide bonds. The lowest BCUT2D eigenvalue weighted by molar-refractivity contribution is -0.136. The standard InChI is InChI=1S/C10H20N2O2/c1-2-12(6-7-13)10(14)9-4-3-5-11-8-9/h9,11,13H,2-8H2,1H3/t9-/m1/s1. The summed E-state index contributed by atoms with van der Waals surface area (Å²) in [5, 5.41) is 12.0. The summed E-state index contributed by atoms with van der Waals surface area (Å²) in [4.78, 5) is 13.6. The number of hydrogen-bond acceptors (Lipinski definition) is 3. The number of aliphatic hydroxyl groups is 1. The molecule has 1 heterocycles. The number of aliphatic hydroxyl groups excluding tert-OH is 1. The van der Waals surface area contributed by atoms with Crippen molar-refractivity contribution >= 4 is 5.91 Å². The lowest BCUT2D eigenvalue weighted by Gasteiger charge is -2.28. The summed E-state index contributed by atoms with van der Waals surface area (Å²) in [5.41, 5.74) is 0. The molecular formula is C10H20N2O2. The van der Waals surface area contributed by atoms with Crippen molar-refractivity contribution in [1.29, 1.82) is 0 Å². The first-order valence-corrected chi connectivity index (χ1v) is 5.40. The van der Waals surface area contributed by atoms with E-state index in [9.17, 15) is 4.79 Å². The topological polar surface area (TPSA) is 52.6 Å². The first-order chi connectivity index (χ1) is 6.79. The third kappa shape index (κ3) is 2.96. The minimum absolute atomic E-state index is 0.0553. The number of amides is 1. The van der Waals surface area contributed by atoms with Gasteiger partial charge >= 0.3 is 0 Å². The monoisotopic (exact) mass is 200 g/mol. The Hall–Kier alpha value is -0.610. The zero-order chi connectivity index (χ0) is 10.4. The Morgan fingerprint density at radius 3 is 2.93 bits per heavy atom. The highest BCUT2D eigenvalue weighted by Crippen LogP contribution is 2.12. The summed E-state index contributed by atoms with van der Waals surface area (Å²) >= 11 is 0. The average Bonchev–Trinajstić information content (AvgIpc) is 2.26. The molecule has 0 aliphatic carbocycles. The third-order valence-corrected chi connectivity index (χ3v) is 2.71. The molecule has 1 saturated heterocycles. The maximum absolute atomic E-state index is 11.9. The lowest BCUT2D eigenvalue weighted by Crippen LogP contribution is -2.43. The highest BCUT2D eigenvalue weighted by Gasteiger charge is 2.24. The van der Waals surface area contributed by atoms with E-state index in [1.54, 1.807) is 4.90 Å². The van der Waals surface area contributed by atoms with Gasteiger partial charge in [-0.25, -0.2) is 0 Å². The van der Waals surface area contributed by atoms with Crippen LogP contribution in [0.4, 0.5) is 0 Å². The summed E-state index contributed by atoms with van der Waals surface area (Å²) < 4.78 is 0. The number of carbonyl (C=O) groups is 1. The van der Waals surface area contributed by atoms with E-state index in [0.29, 0.717) is 13.1 Å².